The third-order valence-electron chi connectivity index (χ3n) is 7.14. The number of nitrogens with one attached hydrogen (secondary N) is 2. The molecule has 2 fully saturated rings. The molecule has 34 heavy (non-hydrogen) atoms. The number of ether oxygens (including phenoxy) is 1. The van der Waals surface area contributed by atoms with E-state index in [2.05, 4.69) is 26.5 Å². The summed E-state index contributed by atoms with van der Waals surface area (Å²) >= 11 is 0. The molecular weight excluding hydrogens is 430 g/mol. The van der Waals surface area contributed by atoms with Crippen LogP contribution in [0.1, 0.15) is 30.1 Å². The van der Waals surface area contributed by atoms with Crippen LogP contribution in [-0.4, -0.2) is 75.2 Å². The Labute approximate surface area is 200 Å². The molecule has 2 amide bonds. The van der Waals surface area contributed by atoms with Gasteiger partial charge in [0.25, 0.3) is 5.91 Å². The van der Waals surface area contributed by atoms with Gasteiger partial charge in [0.2, 0.25) is 5.91 Å². The van der Waals surface area contributed by atoms with Crippen molar-refractivity contribution in [2.75, 3.05) is 55.5 Å². The number of hydrogen-bond donors (Lipinski definition) is 2. The topological polar surface area (TPSA) is 77.2 Å². The molecular formula is C26H33N5O3. The molecule has 0 saturated carbocycles. The van der Waals surface area contributed by atoms with Crippen LogP contribution in [0.3, 0.4) is 0 Å². The van der Waals surface area contributed by atoms with E-state index >= 15 is 0 Å². The van der Waals surface area contributed by atoms with Gasteiger partial charge in [0, 0.05) is 56.3 Å². The predicted molar refractivity (Wildman–Crippen MR) is 134 cm³/mol. The number of likely N-dealkylation sites (tertiary alicyclic amines) is 1. The lowest BCUT2D eigenvalue weighted by molar-refractivity contribution is -0.119. The zero-order chi connectivity index (χ0) is 23.8. The molecule has 0 spiro atoms. The van der Waals surface area contributed by atoms with Crippen molar-refractivity contribution >= 4 is 34.6 Å². The van der Waals surface area contributed by atoms with Gasteiger partial charge >= 0.3 is 0 Å². The highest BCUT2D eigenvalue weighted by atomic mass is 16.5. The molecule has 2 aromatic carbocycles. The first-order valence-electron chi connectivity index (χ1n) is 12.0. The molecule has 3 aliphatic rings. The summed E-state index contributed by atoms with van der Waals surface area (Å²) in [4.78, 5) is 31.6. The first kappa shape index (κ1) is 22.7. The second-order valence-electron chi connectivity index (χ2n) is 9.62. The van der Waals surface area contributed by atoms with E-state index in [-0.39, 0.29) is 29.9 Å². The van der Waals surface area contributed by atoms with Gasteiger partial charge in [-0.05, 0) is 69.3 Å². The van der Waals surface area contributed by atoms with Crippen LogP contribution in [-0.2, 0) is 9.53 Å². The second-order valence-corrected chi connectivity index (χ2v) is 9.62. The average molecular weight is 464 g/mol. The fourth-order valence-electron chi connectivity index (χ4n) is 5.23. The SMILES string of the molecule is C[C@@H]1C(=O)N(C)c2ccc(Nc3ccc(C(=O)NC4CN(C)C4)cc3)cc2N1C1CCOCC1. The number of carbonyl (C=O) groups is 2. The number of anilines is 4. The molecule has 2 N–H and O–H groups in total. The summed E-state index contributed by atoms with van der Waals surface area (Å²) in [5.74, 6) is 0.0781. The Bertz CT molecular complexity index is 1060. The maximum atomic E-state index is 12.9. The monoisotopic (exact) mass is 463 g/mol. The highest BCUT2D eigenvalue weighted by Gasteiger charge is 2.38. The smallest absolute Gasteiger partial charge is 0.251 e. The third-order valence-corrected chi connectivity index (χ3v) is 7.14. The summed E-state index contributed by atoms with van der Waals surface area (Å²) in [6, 6.07) is 14.0. The largest absolute Gasteiger partial charge is 0.381 e. The van der Waals surface area contributed by atoms with E-state index in [0.717, 1.165) is 61.9 Å². The van der Waals surface area contributed by atoms with Crippen LogP contribution < -0.4 is 20.4 Å². The minimum atomic E-state index is -0.218. The summed E-state index contributed by atoms with van der Waals surface area (Å²) in [6.45, 7) is 5.23. The highest BCUT2D eigenvalue weighted by molar-refractivity contribution is 6.05. The molecule has 0 unspecified atom stereocenters. The van der Waals surface area contributed by atoms with Gasteiger partial charge in [-0.15, -0.1) is 0 Å². The van der Waals surface area contributed by atoms with Gasteiger partial charge in [-0.25, -0.2) is 0 Å². The van der Waals surface area contributed by atoms with Crippen molar-refractivity contribution in [3.63, 3.8) is 0 Å². The van der Waals surface area contributed by atoms with Crippen molar-refractivity contribution in [3.8, 4) is 0 Å². The minimum Gasteiger partial charge on any atom is -0.381 e. The van der Waals surface area contributed by atoms with E-state index in [9.17, 15) is 9.59 Å². The lowest BCUT2D eigenvalue weighted by Crippen LogP contribution is -2.57. The molecule has 2 saturated heterocycles. The summed E-state index contributed by atoms with van der Waals surface area (Å²) in [5, 5.41) is 6.53. The Morgan fingerprint density at radius 2 is 1.65 bits per heavy atom. The van der Waals surface area contributed by atoms with Crippen molar-refractivity contribution in [2.45, 2.75) is 37.9 Å². The number of amides is 2. The van der Waals surface area contributed by atoms with Gasteiger partial charge in [-0.1, -0.05) is 0 Å². The number of carbonyl (C=O) groups excluding carboxylic acids is 2. The molecule has 0 bridgehead atoms. The Morgan fingerprint density at radius 3 is 2.32 bits per heavy atom. The average Bonchev–Trinajstić information content (AvgIpc) is 2.83. The van der Waals surface area contributed by atoms with Gasteiger partial charge in [-0.2, -0.15) is 0 Å². The Balaban J connectivity index is 1.33. The molecule has 0 aliphatic carbocycles. The Morgan fingerprint density at radius 1 is 0.971 bits per heavy atom. The predicted octanol–water partition coefficient (Wildman–Crippen LogP) is 2.82. The number of hydrogen-bond acceptors (Lipinski definition) is 6. The first-order chi connectivity index (χ1) is 16.4. The van der Waals surface area contributed by atoms with Crippen molar-refractivity contribution in [2.24, 2.45) is 0 Å². The van der Waals surface area contributed by atoms with Gasteiger partial charge in [0.1, 0.15) is 6.04 Å². The number of benzene rings is 2. The Hall–Kier alpha value is -3.10. The van der Waals surface area contributed by atoms with Crippen LogP contribution in [0.15, 0.2) is 42.5 Å². The second kappa shape index (κ2) is 9.27. The van der Waals surface area contributed by atoms with E-state index < -0.39 is 0 Å². The van der Waals surface area contributed by atoms with Crippen LogP contribution in [0, 0.1) is 0 Å². The number of nitrogens with zero attached hydrogens (tertiary/aromatic N) is 3. The number of fused-ring (bicyclic) bond motifs is 1. The molecule has 2 aromatic rings. The van der Waals surface area contributed by atoms with E-state index in [4.69, 9.17) is 4.74 Å². The van der Waals surface area contributed by atoms with Crippen LogP contribution in [0.2, 0.25) is 0 Å². The highest BCUT2D eigenvalue weighted by Crippen LogP contribution is 2.40. The van der Waals surface area contributed by atoms with Crippen molar-refractivity contribution in [1.82, 2.24) is 10.2 Å². The van der Waals surface area contributed by atoms with Crippen molar-refractivity contribution in [1.29, 1.82) is 0 Å². The standard InChI is InChI=1S/C26H33N5O3/c1-17-26(33)30(3)23-9-8-20(14-24(23)31(17)22-10-12-34-13-11-22)27-19-6-4-18(5-7-19)25(32)28-21-15-29(2)16-21/h4-9,14,17,21-22,27H,10-13,15-16H2,1-3H3,(H,28,32)/t17-/m1/s1. The van der Waals surface area contributed by atoms with E-state index in [0.29, 0.717) is 5.56 Å². The van der Waals surface area contributed by atoms with Gasteiger partial charge in [0.05, 0.1) is 17.4 Å². The summed E-state index contributed by atoms with van der Waals surface area (Å²) in [5.41, 5.74) is 4.50. The van der Waals surface area contributed by atoms with Gasteiger partial charge < -0.3 is 30.1 Å². The molecule has 8 heteroatoms. The fourth-order valence-corrected chi connectivity index (χ4v) is 5.23. The van der Waals surface area contributed by atoms with Gasteiger partial charge in [0.15, 0.2) is 0 Å². The maximum absolute atomic E-state index is 12.9. The first-order valence-corrected chi connectivity index (χ1v) is 12.0. The minimum absolute atomic E-state index is 0.0350. The zero-order valence-electron chi connectivity index (χ0n) is 20.1. The molecule has 0 radical (unpaired) electrons. The fraction of sp³-hybridized carbons (Fsp3) is 0.462. The van der Waals surface area contributed by atoms with E-state index in [1.807, 2.05) is 57.4 Å². The number of rotatable bonds is 5. The molecule has 0 aromatic heterocycles. The third kappa shape index (κ3) is 4.35. The van der Waals surface area contributed by atoms with Crippen LogP contribution in [0.4, 0.5) is 22.7 Å². The summed E-state index contributed by atoms with van der Waals surface area (Å²) in [6.07, 6.45) is 1.83. The normalized spacial score (nSPS) is 21.7. The molecule has 3 heterocycles. The maximum Gasteiger partial charge on any atom is 0.251 e. The van der Waals surface area contributed by atoms with Crippen LogP contribution in [0.5, 0.6) is 0 Å². The molecule has 180 valence electrons. The lowest BCUT2D eigenvalue weighted by Gasteiger charge is -2.45. The molecule has 3 aliphatic heterocycles. The lowest BCUT2D eigenvalue weighted by atomic mass is 9.99. The quantitative estimate of drug-likeness (QED) is 0.710. The van der Waals surface area contributed by atoms with Crippen molar-refractivity contribution < 1.29 is 14.3 Å². The Kier molecular flexibility index (Phi) is 6.18. The molecule has 5 rings (SSSR count). The summed E-state index contributed by atoms with van der Waals surface area (Å²) in [7, 11) is 3.89. The summed E-state index contributed by atoms with van der Waals surface area (Å²) < 4.78 is 5.56. The van der Waals surface area contributed by atoms with Gasteiger partial charge in [-0.3, -0.25) is 9.59 Å². The van der Waals surface area contributed by atoms with Crippen LogP contribution in [0.25, 0.3) is 0 Å². The zero-order valence-corrected chi connectivity index (χ0v) is 20.1. The van der Waals surface area contributed by atoms with Crippen molar-refractivity contribution in [3.05, 3.63) is 48.0 Å². The molecule has 8 nitrogen and oxygen atoms in total. The van der Waals surface area contributed by atoms with Crippen LogP contribution >= 0.6 is 0 Å². The molecule has 1 atom stereocenters. The van der Waals surface area contributed by atoms with E-state index in [1.54, 1.807) is 4.90 Å². The van der Waals surface area contributed by atoms with E-state index in [1.165, 1.54) is 0 Å². The number of likely N-dealkylation sites (N-methyl/N-ethyl adjacent to an activating group) is 2.